The van der Waals surface area contributed by atoms with Gasteiger partial charge in [-0.3, -0.25) is 0 Å². The first-order valence-corrected chi connectivity index (χ1v) is 11.6. The van der Waals surface area contributed by atoms with Crippen LogP contribution in [0.2, 0.25) is 0 Å². The van der Waals surface area contributed by atoms with Gasteiger partial charge in [-0.2, -0.15) is 5.11 Å². The van der Waals surface area contributed by atoms with Gasteiger partial charge in [0.15, 0.2) is 0 Å². The number of carbonyl (C=O) groups excluding carboxylic acids is 1. The van der Waals surface area contributed by atoms with Crippen LogP contribution in [-0.2, 0) is 17.6 Å². The number of aromatic hydroxyl groups is 1. The molecule has 0 amide bonds. The van der Waals surface area contributed by atoms with Crippen LogP contribution in [0.25, 0.3) is 11.1 Å². The maximum atomic E-state index is 12.8. The molecule has 0 heterocycles. The van der Waals surface area contributed by atoms with E-state index in [1.807, 2.05) is 24.3 Å². The normalized spacial score (nSPS) is 12.7. The van der Waals surface area contributed by atoms with Gasteiger partial charge in [-0.25, -0.2) is 9.59 Å². The van der Waals surface area contributed by atoms with E-state index in [0.29, 0.717) is 23.4 Å². The Hall–Kier alpha value is -4.82. The maximum absolute atomic E-state index is 12.8. The Morgan fingerprint density at radius 3 is 2.46 bits per heavy atom. The van der Waals surface area contributed by atoms with Crippen LogP contribution in [0.4, 0.5) is 11.4 Å². The van der Waals surface area contributed by atoms with E-state index in [0.717, 1.165) is 16.7 Å². The first-order chi connectivity index (χ1) is 17.9. The predicted octanol–water partition coefficient (Wildman–Crippen LogP) is 5.55. The van der Waals surface area contributed by atoms with Gasteiger partial charge in [0.2, 0.25) is 0 Å². The van der Waals surface area contributed by atoms with Gasteiger partial charge in [-0.1, -0.05) is 42.5 Å². The standard InChI is InChI=1S/C29H23N3O5/c30-24(29(36)37-27-7-3-6-22-21-5-2-1-4-19(21)16-23(22)27)14-17-8-13-26(33)25(15-17)32-31-20-11-9-18(10-12-20)28(34)35/h1-13,15,24,33H,14,16,30H2,(H,34,35). The Morgan fingerprint density at radius 1 is 0.919 bits per heavy atom. The highest BCUT2D eigenvalue weighted by Crippen LogP contribution is 2.41. The molecule has 0 bridgehead atoms. The van der Waals surface area contributed by atoms with E-state index in [4.69, 9.17) is 15.6 Å². The fraction of sp³-hybridized carbons (Fsp3) is 0.103. The minimum Gasteiger partial charge on any atom is -0.506 e. The van der Waals surface area contributed by atoms with Gasteiger partial charge >= 0.3 is 11.9 Å². The number of phenols is 1. The quantitative estimate of drug-likeness (QED) is 0.155. The number of carboxylic acid groups (broad SMARTS) is 1. The third-order valence-corrected chi connectivity index (χ3v) is 6.20. The molecule has 0 aromatic heterocycles. The van der Waals surface area contributed by atoms with E-state index in [9.17, 15) is 14.7 Å². The van der Waals surface area contributed by atoms with E-state index in [1.165, 1.54) is 35.9 Å². The average Bonchev–Trinajstić information content (AvgIpc) is 3.29. The van der Waals surface area contributed by atoms with Crippen molar-refractivity contribution in [2.75, 3.05) is 0 Å². The van der Waals surface area contributed by atoms with Crippen molar-refractivity contribution >= 4 is 23.3 Å². The number of nitrogens with zero attached hydrogens (tertiary/aromatic N) is 2. The van der Waals surface area contributed by atoms with Crippen molar-refractivity contribution in [1.82, 2.24) is 0 Å². The zero-order valence-corrected chi connectivity index (χ0v) is 19.7. The maximum Gasteiger partial charge on any atom is 0.335 e. The van der Waals surface area contributed by atoms with Gasteiger partial charge < -0.3 is 20.7 Å². The number of hydrogen-bond donors (Lipinski definition) is 3. The lowest BCUT2D eigenvalue weighted by atomic mass is 10.0. The summed E-state index contributed by atoms with van der Waals surface area (Å²) in [5.74, 6) is -1.18. The molecule has 0 fully saturated rings. The van der Waals surface area contributed by atoms with E-state index in [2.05, 4.69) is 22.4 Å². The molecular formula is C29H23N3O5. The molecule has 1 aliphatic carbocycles. The van der Waals surface area contributed by atoms with E-state index in [1.54, 1.807) is 18.2 Å². The molecule has 0 radical (unpaired) electrons. The highest BCUT2D eigenvalue weighted by atomic mass is 16.5. The number of fused-ring (bicyclic) bond motifs is 3. The van der Waals surface area contributed by atoms with E-state index >= 15 is 0 Å². The van der Waals surface area contributed by atoms with Crippen molar-refractivity contribution < 1.29 is 24.5 Å². The smallest absolute Gasteiger partial charge is 0.335 e. The monoisotopic (exact) mass is 493 g/mol. The topological polar surface area (TPSA) is 135 Å². The third kappa shape index (κ3) is 5.10. The largest absolute Gasteiger partial charge is 0.506 e. The number of azo groups is 1. The number of ether oxygens (including phenoxy) is 1. The third-order valence-electron chi connectivity index (χ3n) is 6.20. The van der Waals surface area contributed by atoms with Gasteiger partial charge in [0.25, 0.3) is 0 Å². The summed E-state index contributed by atoms with van der Waals surface area (Å²) in [6.07, 6.45) is 0.861. The van der Waals surface area contributed by atoms with Crippen molar-refractivity contribution in [3.05, 3.63) is 107 Å². The van der Waals surface area contributed by atoms with Crippen LogP contribution in [0, 0.1) is 0 Å². The van der Waals surface area contributed by atoms with Crippen molar-refractivity contribution in [3.8, 4) is 22.6 Å². The Bertz CT molecular complexity index is 1530. The predicted molar refractivity (Wildman–Crippen MR) is 138 cm³/mol. The van der Waals surface area contributed by atoms with Crippen LogP contribution < -0.4 is 10.5 Å². The van der Waals surface area contributed by atoms with Crippen LogP contribution in [0.5, 0.6) is 11.5 Å². The van der Waals surface area contributed by atoms with Gasteiger partial charge in [0.05, 0.1) is 11.3 Å². The number of nitrogens with two attached hydrogens (primary N) is 1. The molecule has 8 heteroatoms. The summed E-state index contributed by atoms with van der Waals surface area (Å²) in [7, 11) is 0. The highest BCUT2D eigenvalue weighted by molar-refractivity contribution is 5.88. The Labute approximate surface area is 212 Å². The first kappa shape index (κ1) is 23.9. The van der Waals surface area contributed by atoms with Gasteiger partial charge in [0.1, 0.15) is 23.2 Å². The minimum atomic E-state index is -1.04. The summed E-state index contributed by atoms with van der Waals surface area (Å²) in [5.41, 5.74) is 12.0. The number of esters is 1. The molecule has 184 valence electrons. The minimum absolute atomic E-state index is 0.0924. The Kier molecular flexibility index (Phi) is 6.49. The summed E-state index contributed by atoms with van der Waals surface area (Å²) in [6, 6.07) is 23.4. The second kappa shape index (κ2) is 10.0. The lowest BCUT2D eigenvalue weighted by molar-refractivity contribution is -0.135. The van der Waals surface area contributed by atoms with E-state index < -0.39 is 18.0 Å². The lowest BCUT2D eigenvalue weighted by Crippen LogP contribution is -2.36. The molecule has 4 N–H and O–H groups in total. The SMILES string of the molecule is NC(Cc1ccc(O)c(N=Nc2ccc(C(=O)O)cc2)c1)C(=O)Oc1cccc2c1Cc1ccccc1-2. The number of hydrogen-bond acceptors (Lipinski definition) is 7. The number of rotatable bonds is 7. The van der Waals surface area contributed by atoms with Crippen molar-refractivity contribution in [1.29, 1.82) is 0 Å². The zero-order valence-electron chi connectivity index (χ0n) is 19.7. The van der Waals surface area contributed by atoms with Gasteiger partial charge in [0, 0.05) is 12.0 Å². The second-order valence-electron chi connectivity index (χ2n) is 8.72. The Morgan fingerprint density at radius 2 is 1.68 bits per heavy atom. The molecule has 1 aliphatic rings. The zero-order chi connectivity index (χ0) is 25.9. The number of carbonyl (C=O) groups is 2. The molecule has 4 aromatic rings. The molecule has 37 heavy (non-hydrogen) atoms. The molecule has 8 nitrogen and oxygen atoms in total. The summed E-state index contributed by atoms with van der Waals surface area (Å²) >= 11 is 0. The van der Waals surface area contributed by atoms with Crippen molar-refractivity contribution in [2.45, 2.75) is 18.9 Å². The lowest BCUT2D eigenvalue weighted by Gasteiger charge is -2.14. The molecular weight excluding hydrogens is 470 g/mol. The molecule has 0 spiro atoms. The highest BCUT2D eigenvalue weighted by Gasteiger charge is 2.24. The molecule has 1 atom stereocenters. The van der Waals surface area contributed by atoms with Crippen LogP contribution in [0.1, 0.15) is 27.0 Å². The fourth-order valence-electron chi connectivity index (χ4n) is 4.30. The van der Waals surface area contributed by atoms with Gasteiger partial charge in [-0.15, -0.1) is 5.11 Å². The number of phenolic OH excluding ortho intramolecular Hbond substituents is 1. The van der Waals surface area contributed by atoms with Crippen LogP contribution in [0.15, 0.2) is 95.2 Å². The molecule has 0 aliphatic heterocycles. The van der Waals surface area contributed by atoms with Crippen molar-refractivity contribution in [3.63, 3.8) is 0 Å². The van der Waals surface area contributed by atoms with Crippen LogP contribution >= 0.6 is 0 Å². The molecule has 1 unspecified atom stereocenters. The summed E-state index contributed by atoms with van der Waals surface area (Å²) in [6.45, 7) is 0. The van der Waals surface area contributed by atoms with Gasteiger partial charge in [-0.05, 0) is 71.1 Å². The van der Waals surface area contributed by atoms with Crippen LogP contribution in [-0.4, -0.2) is 28.2 Å². The van der Waals surface area contributed by atoms with Crippen molar-refractivity contribution in [2.24, 2.45) is 16.0 Å². The van der Waals surface area contributed by atoms with E-state index in [-0.39, 0.29) is 23.4 Å². The molecule has 4 aromatic carbocycles. The molecule has 5 rings (SSSR count). The summed E-state index contributed by atoms with van der Waals surface area (Å²) in [4.78, 5) is 23.8. The Balaban J connectivity index is 1.27. The first-order valence-electron chi connectivity index (χ1n) is 11.6. The summed E-state index contributed by atoms with van der Waals surface area (Å²) < 4.78 is 5.71. The van der Waals surface area contributed by atoms with Crippen LogP contribution in [0.3, 0.4) is 0 Å². The number of aromatic carboxylic acids is 1. The molecule has 0 saturated heterocycles. The second-order valence-corrected chi connectivity index (χ2v) is 8.72. The molecule has 0 saturated carbocycles. The summed E-state index contributed by atoms with van der Waals surface area (Å²) in [5, 5.41) is 27.3. The number of carboxylic acids is 1. The average molecular weight is 494 g/mol. The fourth-order valence-corrected chi connectivity index (χ4v) is 4.30. The number of benzene rings is 4.